The van der Waals surface area contributed by atoms with E-state index in [9.17, 15) is 9.90 Å². The van der Waals surface area contributed by atoms with Gasteiger partial charge in [-0.05, 0) is 58.4 Å². The molecule has 0 aliphatic heterocycles. The summed E-state index contributed by atoms with van der Waals surface area (Å²) in [5.41, 5.74) is -0.757. The lowest BCUT2D eigenvalue weighted by Crippen LogP contribution is -2.39. The standard InChI is InChI=1S/C33H54N3O4.CH4O3S/c1-32(2,3)40-31(37)35(4)23-17-9-7-8-10-18-24-36(5,6)26-29-25-34-30(39-29)33(38,27-19-13-11-14-20-27)28-21-15-12-16-22-28;1-5(2,3)4/h11,13-14,19-20,25,28,38H,7-10,12,15-18,21-24,26H2,1-6H3;1H3,(H,2,3,4)/q+1;/p-1/t33-;/m0./s1. The zero-order valence-electron chi connectivity index (χ0n) is 28.6. The highest BCUT2D eigenvalue weighted by Crippen LogP contribution is 2.43. The smallest absolute Gasteiger partial charge is 0.410 e. The van der Waals surface area contributed by atoms with Crippen molar-refractivity contribution in [3.05, 3.63) is 53.7 Å². The van der Waals surface area contributed by atoms with Gasteiger partial charge in [-0.1, -0.05) is 68.9 Å². The molecule has 1 aliphatic rings. The van der Waals surface area contributed by atoms with E-state index in [4.69, 9.17) is 22.1 Å². The number of ether oxygens (including phenoxy) is 1. The summed E-state index contributed by atoms with van der Waals surface area (Å²) < 4.78 is 39.8. The van der Waals surface area contributed by atoms with E-state index in [1.165, 1.54) is 25.7 Å². The Bertz CT molecular complexity index is 1240. The molecule has 10 nitrogen and oxygen atoms in total. The molecule has 0 radical (unpaired) electrons. The maximum Gasteiger partial charge on any atom is 0.410 e. The van der Waals surface area contributed by atoms with Gasteiger partial charge in [-0.3, -0.25) is 0 Å². The second kappa shape index (κ2) is 17.4. The van der Waals surface area contributed by atoms with Crippen molar-refractivity contribution < 1.29 is 36.5 Å². The van der Waals surface area contributed by atoms with Gasteiger partial charge in [0.25, 0.3) is 0 Å². The zero-order valence-corrected chi connectivity index (χ0v) is 29.4. The summed E-state index contributed by atoms with van der Waals surface area (Å²) in [6.07, 6.45) is 14.5. The molecule has 256 valence electrons. The van der Waals surface area contributed by atoms with E-state index in [0.29, 0.717) is 12.1 Å². The van der Waals surface area contributed by atoms with Gasteiger partial charge in [-0.15, -0.1) is 0 Å². The Kier molecular flexibility index (Phi) is 15.0. The first-order valence-corrected chi connectivity index (χ1v) is 18.1. The van der Waals surface area contributed by atoms with Crippen molar-refractivity contribution in [1.29, 1.82) is 0 Å². The Labute approximate surface area is 271 Å². The Morgan fingerprint density at radius 2 is 1.60 bits per heavy atom. The van der Waals surface area contributed by atoms with E-state index in [1.54, 1.807) is 4.90 Å². The number of carbonyl (C=O) groups is 1. The molecule has 1 heterocycles. The molecule has 3 rings (SSSR count). The summed E-state index contributed by atoms with van der Waals surface area (Å²) in [6.45, 7) is 8.22. The van der Waals surface area contributed by atoms with Gasteiger partial charge in [0.1, 0.15) is 12.1 Å². The van der Waals surface area contributed by atoms with E-state index < -0.39 is 21.3 Å². The number of nitrogens with zero attached hydrogens (tertiary/aromatic N) is 3. The Balaban J connectivity index is 0.00000130. The van der Waals surface area contributed by atoms with Crippen LogP contribution in [0.4, 0.5) is 4.79 Å². The van der Waals surface area contributed by atoms with Gasteiger partial charge in [0, 0.05) is 25.8 Å². The summed E-state index contributed by atoms with van der Waals surface area (Å²) in [6, 6.07) is 9.94. The van der Waals surface area contributed by atoms with Gasteiger partial charge < -0.3 is 28.2 Å². The van der Waals surface area contributed by atoms with Crippen molar-refractivity contribution in [2.75, 3.05) is 40.5 Å². The average molecular weight is 652 g/mol. The molecule has 1 aromatic heterocycles. The number of unbranched alkanes of at least 4 members (excludes halogenated alkanes) is 5. The molecule has 45 heavy (non-hydrogen) atoms. The number of aliphatic hydroxyl groups is 1. The van der Waals surface area contributed by atoms with Gasteiger partial charge >= 0.3 is 6.09 Å². The number of quaternary nitrogens is 1. The van der Waals surface area contributed by atoms with Crippen LogP contribution in [0.1, 0.15) is 109 Å². The third-order valence-corrected chi connectivity index (χ3v) is 8.09. The van der Waals surface area contributed by atoms with E-state index in [1.807, 2.05) is 64.3 Å². The van der Waals surface area contributed by atoms with E-state index in [-0.39, 0.29) is 12.0 Å². The Morgan fingerprint density at radius 3 is 2.18 bits per heavy atom. The number of benzene rings is 1. The van der Waals surface area contributed by atoms with E-state index >= 15 is 0 Å². The number of amides is 1. The van der Waals surface area contributed by atoms with Crippen LogP contribution in [0.25, 0.3) is 0 Å². The van der Waals surface area contributed by atoms with Crippen molar-refractivity contribution in [2.45, 2.75) is 109 Å². The van der Waals surface area contributed by atoms with Gasteiger partial charge in [0.05, 0.1) is 37.0 Å². The monoisotopic (exact) mass is 651 g/mol. The second-order valence-corrected chi connectivity index (χ2v) is 15.6. The second-order valence-electron chi connectivity index (χ2n) is 14.1. The van der Waals surface area contributed by atoms with Gasteiger partial charge in [-0.2, -0.15) is 0 Å². The van der Waals surface area contributed by atoms with E-state index in [2.05, 4.69) is 19.1 Å². The third kappa shape index (κ3) is 14.7. The number of oxazole rings is 1. The van der Waals surface area contributed by atoms with E-state index in [0.717, 1.165) is 80.4 Å². The molecule has 1 amide bonds. The molecule has 1 aromatic carbocycles. The highest BCUT2D eigenvalue weighted by atomic mass is 32.2. The fourth-order valence-corrected chi connectivity index (χ4v) is 5.83. The predicted octanol–water partition coefficient (Wildman–Crippen LogP) is 6.44. The minimum Gasteiger partial charge on any atom is -0.748 e. The van der Waals surface area contributed by atoms with Crippen LogP contribution in [0.3, 0.4) is 0 Å². The SMILES string of the molecule is CN(CCCCCCCC[N+](C)(C)Cc1cnc([C@](O)(c2ccccc2)C2CCCCC2)o1)C(=O)OC(C)(C)C.CS(=O)(=O)[O-]. The summed E-state index contributed by atoms with van der Waals surface area (Å²) in [4.78, 5) is 18.4. The molecule has 0 bridgehead atoms. The lowest BCUT2D eigenvalue weighted by Gasteiger charge is -2.36. The maximum atomic E-state index is 12.1. The molecule has 11 heteroatoms. The average Bonchev–Trinajstić information content (AvgIpc) is 3.41. The Morgan fingerprint density at radius 1 is 1.04 bits per heavy atom. The first kappa shape index (κ1) is 38.7. The van der Waals surface area contributed by atoms with Crippen molar-refractivity contribution >= 4 is 16.2 Å². The topological polar surface area (TPSA) is 133 Å². The van der Waals surface area contributed by atoms with Crippen LogP contribution < -0.4 is 0 Å². The van der Waals surface area contributed by atoms with Crippen LogP contribution in [-0.2, 0) is 27.0 Å². The van der Waals surface area contributed by atoms with Crippen molar-refractivity contribution in [3.63, 3.8) is 0 Å². The van der Waals surface area contributed by atoms with Crippen LogP contribution in [0, 0.1) is 5.92 Å². The minimum atomic E-state index is -3.92. The molecule has 1 saturated carbocycles. The normalized spacial score (nSPS) is 15.9. The third-order valence-electron chi connectivity index (χ3n) is 8.09. The first-order valence-electron chi connectivity index (χ1n) is 16.3. The van der Waals surface area contributed by atoms with Crippen molar-refractivity contribution in [3.8, 4) is 0 Å². The van der Waals surface area contributed by atoms with Gasteiger partial charge in [-0.25, -0.2) is 18.2 Å². The molecule has 1 N–H and O–H groups in total. The van der Waals surface area contributed by atoms with Crippen molar-refractivity contribution in [2.24, 2.45) is 5.92 Å². The molecule has 0 spiro atoms. The summed E-state index contributed by atoms with van der Waals surface area (Å²) >= 11 is 0. The molecule has 0 unspecified atom stereocenters. The fourth-order valence-electron chi connectivity index (χ4n) is 5.83. The highest BCUT2D eigenvalue weighted by Gasteiger charge is 2.44. The highest BCUT2D eigenvalue weighted by molar-refractivity contribution is 7.84. The molecular formula is C34H57N3O7S. The summed E-state index contributed by atoms with van der Waals surface area (Å²) in [5.74, 6) is 1.40. The van der Waals surface area contributed by atoms with Gasteiger partial charge in [0.15, 0.2) is 11.4 Å². The maximum absolute atomic E-state index is 12.1. The number of rotatable bonds is 14. The van der Waals surface area contributed by atoms with Crippen LogP contribution >= 0.6 is 0 Å². The molecular weight excluding hydrogens is 594 g/mol. The molecule has 1 atom stereocenters. The number of carbonyl (C=O) groups excluding carboxylic acids is 1. The van der Waals surface area contributed by atoms with Crippen LogP contribution in [0.5, 0.6) is 0 Å². The summed E-state index contributed by atoms with van der Waals surface area (Å²) in [5, 5.41) is 12.1. The Hall–Kier alpha value is -2.47. The largest absolute Gasteiger partial charge is 0.748 e. The lowest BCUT2D eigenvalue weighted by atomic mass is 9.73. The molecule has 0 saturated heterocycles. The first-order chi connectivity index (χ1) is 20.9. The van der Waals surface area contributed by atoms with Gasteiger partial charge in [0.2, 0.25) is 5.89 Å². The number of aromatic nitrogens is 1. The zero-order chi connectivity index (χ0) is 33.7. The van der Waals surface area contributed by atoms with Crippen LogP contribution in [0.15, 0.2) is 40.9 Å². The number of hydrogen-bond acceptors (Lipinski definition) is 8. The molecule has 2 aromatic rings. The molecule has 1 aliphatic carbocycles. The fraction of sp³-hybridized carbons (Fsp3) is 0.706. The van der Waals surface area contributed by atoms with Crippen LogP contribution in [0.2, 0.25) is 0 Å². The number of hydrogen-bond donors (Lipinski definition) is 1. The summed E-state index contributed by atoms with van der Waals surface area (Å²) in [7, 11) is 2.36. The van der Waals surface area contributed by atoms with Crippen LogP contribution in [-0.4, -0.2) is 84.6 Å². The van der Waals surface area contributed by atoms with Crippen molar-refractivity contribution in [1.82, 2.24) is 9.88 Å². The quantitative estimate of drug-likeness (QED) is 0.140. The molecule has 1 fully saturated rings. The predicted molar refractivity (Wildman–Crippen MR) is 175 cm³/mol. The lowest BCUT2D eigenvalue weighted by molar-refractivity contribution is -0.904. The minimum absolute atomic E-state index is 0.121.